The third kappa shape index (κ3) is 5.70. The minimum absolute atomic E-state index is 0.154. The van der Waals surface area contributed by atoms with Gasteiger partial charge in [0.15, 0.2) is 0 Å². The first-order valence-electron chi connectivity index (χ1n) is 11.5. The number of nitrogens with zero attached hydrogens (tertiary/aromatic N) is 2. The van der Waals surface area contributed by atoms with Crippen LogP contribution in [0.15, 0.2) is 101 Å². The number of fused-ring (bicyclic) bond motifs is 1. The van der Waals surface area contributed by atoms with E-state index in [0.717, 1.165) is 37.6 Å². The monoisotopic (exact) mass is 494 g/mol. The van der Waals surface area contributed by atoms with Gasteiger partial charge in [-0.25, -0.2) is 4.39 Å². The summed E-state index contributed by atoms with van der Waals surface area (Å²) in [6, 6.07) is 25.8. The highest BCUT2D eigenvalue weighted by Crippen LogP contribution is 2.33. The van der Waals surface area contributed by atoms with Gasteiger partial charge in [-0.1, -0.05) is 42.1 Å². The Morgan fingerprint density at radius 1 is 0.972 bits per heavy atom. The SMILES string of the molecule is O=C(NCCc1cccc(F)c1)c1ccccc1Sc1ccc2c(/C=C/c3ccccn3)n[nH]c2c1. The second-order valence-corrected chi connectivity index (χ2v) is 9.25. The van der Waals surface area contributed by atoms with Crippen molar-refractivity contribution in [1.29, 1.82) is 0 Å². The molecule has 0 unspecified atom stereocenters. The van der Waals surface area contributed by atoms with Crippen molar-refractivity contribution in [3.8, 4) is 0 Å². The van der Waals surface area contributed by atoms with Crippen molar-refractivity contribution in [3.05, 3.63) is 119 Å². The van der Waals surface area contributed by atoms with Gasteiger partial charge in [0.2, 0.25) is 0 Å². The summed E-state index contributed by atoms with van der Waals surface area (Å²) in [4.78, 5) is 19.0. The Hall–Kier alpha value is -4.23. The van der Waals surface area contributed by atoms with Crippen molar-refractivity contribution in [2.45, 2.75) is 16.2 Å². The average molecular weight is 495 g/mol. The molecule has 178 valence electrons. The van der Waals surface area contributed by atoms with E-state index in [2.05, 4.69) is 20.5 Å². The second kappa shape index (κ2) is 11.0. The van der Waals surface area contributed by atoms with Crippen LogP contribution in [0.4, 0.5) is 4.39 Å². The predicted molar refractivity (Wildman–Crippen MR) is 142 cm³/mol. The van der Waals surface area contributed by atoms with Gasteiger partial charge in [-0.3, -0.25) is 14.9 Å². The lowest BCUT2D eigenvalue weighted by molar-refractivity contribution is 0.0951. The zero-order chi connectivity index (χ0) is 24.7. The fraction of sp³-hybridized carbons (Fsp3) is 0.0690. The number of amides is 1. The summed E-state index contributed by atoms with van der Waals surface area (Å²) >= 11 is 1.52. The number of H-pyrrole nitrogens is 1. The molecule has 2 aromatic heterocycles. The molecule has 5 rings (SSSR count). The largest absolute Gasteiger partial charge is 0.352 e. The molecule has 0 atom stereocenters. The van der Waals surface area contributed by atoms with Gasteiger partial charge in [-0.2, -0.15) is 5.10 Å². The van der Waals surface area contributed by atoms with E-state index in [-0.39, 0.29) is 11.7 Å². The lowest BCUT2D eigenvalue weighted by Crippen LogP contribution is -2.26. The van der Waals surface area contributed by atoms with Crippen LogP contribution in [0.1, 0.15) is 27.3 Å². The number of aromatic amines is 1. The minimum atomic E-state index is -0.272. The van der Waals surface area contributed by atoms with Gasteiger partial charge in [0.1, 0.15) is 5.82 Å². The van der Waals surface area contributed by atoms with Gasteiger partial charge in [0, 0.05) is 27.9 Å². The number of aromatic nitrogens is 3. The summed E-state index contributed by atoms with van der Waals surface area (Å²) in [6.07, 6.45) is 6.19. The Kier molecular flexibility index (Phi) is 7.19. The van der Waals surface area contributed by atoms with Crippen molar-refractivity contribution in [3.63, 3.8) is 0 Å². The summed E-state index contributed by atoms with van der Waals surface area (Å²) in [7, 11) is 0. The maximum absolute atomic E-state index is 13.4. The highest BCUT2D eigenvalue weighted by atomic mass is 32.2. The number of hydrogen-bond donors (Lipinski definition) is 2. The fourth-order valence-electron chi connectivity index (χ4n) is 3.83. The Morgan fingerprint density at radius 2 is 1.86 bits per heavy atom. The van der Waals surface area contributed by atoms with Gasteiger partial charge in [-0.15, -0.1) is 0 Å². The third-order valence-corrected chi connectivity index (χ3v) is 6.68. The third-order valence-electron chi connectivity index (χ3n) is 5.61. The van der Waals surface area contributed by atoms with Crippen LogP contribution in [0, 0.1) is 5.82 Å². The van der Waals surface area contributed by atoms with Crippen LogP contribution >= 0.6 is 11.8 Å². The van der Waals surface area contributed by atoms with Crippen LogP contribution in [0.5, 0.6) is 0 Å². The first-order chi connectivity index (χ1) is 17.7. The Balaban J connectivity index is 1.27. The van der Waals surface area contributed by atoms with E-state index in [1.807, 2.05) is 78.9 Å². The summed E-state index contributed by atoms with van der Waals surface area (Å²) in [5.74, 6) is -0.426. The Morgan fingerprint density at radius 3 is 2.72 bits per heavy atom. The van der Waals surface area contributed by atoms with Crippen LogP contribution in [0.2, 0.25) is 0 Å². The van der Waals surface area contributed by atoms with Crippen molar-refractivity contribution < 1.29 is 9.18 Å². The van der Waals surface area contributed by atoms with Crippen molar-refractivity contribution in [2.75, 3.05) is 6.54 Å². The molecule has 0 saturated carbocycles. The van der Waals surface area contributed by atoms with Gasteiger partial charge >= 0.3 is 0 Å². The molecule has 3 aromatic carbocycles. The summed E-state index contributed by atoms with van der Waals surface area (Å²) in [5, 5.41) is 11.5. The molecule has 0 spiro atoms. The van der Waals surface area contributed by atoms with Gasteiger partial charge in [0.05, 0.1) is 22.5 Å². The molecular weight excluding hydrogens is 471 g/mol. The highest BCUT2D eigenvalue weighted by molar-refractivity contribution is 7.99. The van der Waals surface area contributed by atoms with Crippen molar-refractivity contribution in [2.24, 2.45) is 0 Å². The van der Waals surface area contributed by atoms with Gasteiger partial charge < -0.3 is 5.32 Å². The highest BCUT2D eigenvalue weighted by Gasteiger charge is 2.13. The summed E-state index contributed by atoms with van der Waals surface area (Å²) in [6.45, 7) is 0.427. The molecule has 0 fully saturated rings. The van der Waals surface area contributed by atoms with E-state index in [4.69, 9.17) is 0 Å². The van der Waals surface area contributed by atoms with E-state index in [1.54, 1.807) is 12.3 Å². The van der Waals surface area contributed by atoms with Crippen LogP contribution in [-0.4, -0.2) is 27.6 Å². The number of nitrogens with one attached hydrogen (secondary N) is 2. The van der Waals surface area contributed by atoms with E-state index in [1.165, 1.54) is 23.9 Å². The van der Waals surface area contributed by atoms with Crippen LogP contribution in [0.25, 0.3) is 23.1 Å². The quantitative estimate of drug-likeness (QED) is 0.262. The molecule has 7 heteroatoms. The number of benzene rings is 3. The topological polar surface area (TPSA) is 70.7 Å². The van der Waals surface area contributed by atoms with E-state index in [0.29, 0.717) is 18.5 Å². The standard InChI is InChI=1S/C29H23FN4OS/c30-21-7-5-6-20(18-21)15-17-32-29(35)25-9-1-2-10-28(25)36-23-12-13-24-26(33-34-27(24)19-23)14-11-22-8-3-4-16-31-22/h1-14,16,18-19H,15,17H2,(H,32,35)(H,33,34)/b14-11+. The van der Waals surface area contributed by atoms with Gasteiger partial charge in [-0.05, 0) is 78.7 Å². The second-order valence-electron chi connectivity index (χ2n) is 8.14. The van der Waals surface area contributed by atoms with Crippen LogP contribution < -0.4 is 5.32 Å². The van der Waals surface area contributed by atoms with E-state index >= 15 is 0 Å². The normalized spacial score (nSPS) is 11.2. The van der Waals surface area contributed by atoms with Gasteiger partial charge in [0.25, 0.3) is 5.91 Å². The number of carbonyl (C=O) groups is 1. The Labute approximate surface area is 212 Å². The number of carbonyl (C=O) groups excluding carboxylic acids is 1. The molecule has 0 aliphatic rings. The first kappa shape index (κ1) is 23.5. The molecule has 2 heterocycles. The van der Waals surface area contributed by atoms with Crippen LogP contribution in [-0.2, 0) is 6.42 Å². The number of pyridine rings is 1. The molecule has 2 N–H and O–H groups in total. The lowest BCUT2D eigenvalue weighted by atomic mass is 10.1. The number of halogens is 1. The molecule has 0 aliphatic carbocycles. The van der Waals surface area contributed by atoms with Crippen LogP contribution in [0.3, 0.4) is 0 Å². The lowest BCUT2D eigenvalue weighted by Gasteiger charge is -2.10. The fourth-order valence-corrected chi connectivity index (χ4v) is 4.81. The predicted octanol–water partition coefficient (Wildman–Crippen LogP) is 6.39. The molecule has 1 amide bonds. The zero-order valence-corrected chi connectivity index (χ0v) is 20.1. The molecule has 5 nitrogen and oxygen atoms in total. The zero-order valence-electron chi connectivity index (χ0n) is 19.3. The molecule has 0 aliphatic heterocycles. The van der Waals surface area contributed by atoms with Crippen molar-refractivity contribution >= 4 is 40.7 Å². The van der Waals surface area contributed by atoms with Crippen molar-refractivity contribution in [1.82, 2.24) is 20.5 Å². The molecular formula is C29H23FN4OS. The molecule has 36 heavy (non-hydrogen) atoms. The maximum atomic E-state index is 13.4. The smallest absolute Gasteiger partial charge is 0.252 e. The first-order valence-corrected chi connectivity index (χ1v) is 12.3. The number of rotatable bonds is 8. The average Bonchev–Trinajstić information content (AvgIpc) is 3.30. The van der Waals surface area contributed by atoms with E-state index in [9.17, 15) is 9.18 Å². The van der Waals surface area contributed by atoms with E-state index < -0.39 is 0 Å². The molecule has 5 aromatic rings. The number of hydrogen-bond acceptors (Lipinski definition) is 4. The maximum Gasteiger partial charge on any atom is 0.252 e. The molecule has 0 radical (unpaired) electrons. The summed E-state index contributed by atoms with van der Waals surface area (Å²) < 4.78 is 13.4. The molecule has 0 bridgehead atoms. The summed E-state index contributed by atoms with van der Waals surface area (Å²) in [5.41, 5.74) is 4.07. The Bertz CT molecular complexity index is 1530. The minimum Gasteiger partial charge on any atom is -0.352 e. The molecule has 0 saturated heterocycles.